The SMILES string of the molecule is COc1ccccc1C1CC(=O)C2=C(C1)Nc1ccccc1NC2c1ccc(OCC(C)C)cc1. The van der Waals surface area contributed by atoms with Gasteiger partial charge in [0.25, 0.3) is 0 Å². The van der Waals surface area contributed by atoms with E-state index < -0.39 is 0 Å². The highest BCUT2D eigenvalue weighted by Crippen LogP contribution is 2.45. The number of Topliss-reactive ketones (excluding diaryl/α,β-unsaturated/α-hetero) is 1. The third kappa shape index (κ3) is 4.76. The number of ketones is 1. The van der Waals surface area contributed by atoms with Crippen LogP contribution in [0.5, 0.6) is 11.5 Å². The Hall–Kier alpha value is -3.73. The Morgan fingerprint density at radius 3 is 2.37 bits per heavy atom. The van der Waals surface area contributed by atoms with Crippen LogP contribution in [0.2, 0.25) is 0 Å². The van der Waals surface area contributed by atoms with E-state index in [4.69, 9.17) is 9.47 Å². The second-order valence-corrected chi connectivity index (χ2v) is 9.68. The Morgan fingerprint density at radius 1 is 0.914 bits per heavy atom. The Morgan fingerprint density at radius 2 is 1.63 bits per heavy atom. The van der Waals surface area contributed by atoms with Crippen LogP contribution >= 0.6 is 0 Å². The molecule has 0 amide bonds. The summed E-state index contributed by atoms with van der Waals surface area (Å²) in [4.78, 5) is 13.7. The quantitative estimate of drug-likeness (QED) is 0.421. The average Bonchev–Trinajstić information content (AvgIpc) is 3.04. The topological polar surface area (TPSA) is 59.6 Å². The van der Waals surface area contributed by atoms with E-state index in [9.17, 15) is 4.79 Å². The van der Waals surface area contributed by atoms with Gasteiger partial charge in [0, 0.05) is 23.6 Å². The molecule has 2 atom stereocenters. The summed E-state index contributed by atoms with van der Waals surface area (Å²) in [5.74, 6) is 2.34. The number of para-hydroxylation sites is 3. The van der Waals surface area contributed by atoms with Gasteiger partial charge in [0.05, 0.1) is 31.1 Å². The third-order valence-electron chi connectivity index (χ3n) is 6.68. The molecule has 2 N–H and O–H groups in total. The molecule has 1 heterocycles. The molecule has 5 nitrogen and oxygen atoms in total. The molecule has 0 radical (unpaired) electrons. The zero-order valence-corrected chi connectivity index (χ0v) is 20.5. The van der Waals surface area contributed by atoms with Gasteiger partial charge in [-0.3, -0.25) is 4.79 Å². The summed E-state index contributed by atoms with van der Waals surface area (Å²) in [5.41, 5.74) is 5.85. The fourth-order valence-corrected chi connectivity index (χ4v) is 4.99. The molecule has 180 valence electrons. The molecule has 0 spiro atoms. The number of ether oxygens (including phenoxy) is 2. The predicted molar refractivity (Wildman–Crippen MR) is 140 cm³/mol. The number of hydrogen-bond acceptors (Lipinski definition) is 5. The second-order valence-electron chi connectivity index (χ2n) is 9.68. The van der Waals surface area contributed by atoms with Crippen molar-refractivity contribution in [1.82, 2.24) is 0 Å². The minimum absolute atomic E-state index is 0.0580. The van der Waals surface area contributed by atoms with E-state index in [1.54, 1.807) is 7.11 Å². The van der Waals surface area contributed by atoms with Crippen LogP contribution in [-0.4, -0.2) is 19.5 Å². The fourth-order valence-electron chi connectivity index (χ4n) is 4.99. The molecule has 1 aliphatic carbocycles. The van der Waals surface area contributed by atoms with Crippen LogP contribution in [0.15, 0.2) is 84.1 Å². The third-order valence-corrected chi connectivity index (χ3v) is 6.68. The van der Waals surface area contributed by atoms with Gasteiger partial charge in [0.2, 0.25) is 0 Å². The highest BCUT2D eigenvalue weighted by molar-refractivity contribution is 6.01. The number of rotatable bonds is 6. The smallest absolute Gasteiger partial charge is 0.163 e. The number of anilines is 2. The summed E-state index contributed by atoms with van der Waals surface area (Å²) in [7, 11) is 1.68. The van der Waals surface area contributed by atoms with E-state index in [2.05, 4.69) is 54.8 Å². The van der Waals surface area contributed by atoms with Gasteiger partial charge in [0.1, 0.15) is 11.5 Å². The van der Waals surface area contributed by atoms with Gasteiger partial charge >= 0.3 is 0 Å². The summed E-state index contributed by atoms with van der Waals surface area (Å²) in [6, 6.07) is 24.0. The molecule has 2 unspecified atom stereocenters. The van der Waals surface area contributed by atoms with Crippen LogP contribution in [0, 0.1) is 5.92 Å². The number of carbonyl (C=O) groups is 1. The molecule has 0 saturated heterocycles. The normalized spacial score (nSPS) is 19.3. The van der Waals surface area contributed by atoms with Crippen LogP contribution in [0.25, 0.3) is 0 Å². The fraction of sp³-hybridized carbons (Fsp3) is 0.300. The number of allylic oxidation sites excluding steroid dienone is 1. The predicted octanol–water partition coefficient (Wildman–Crippen LogP) is 6.71. The maximum atomic E-state index is 13.7. The number of benzene rings is 3. The van der Waals surface area contributed by atoms with Crippen molar-refractivity contribution in [2.45, 2.75) is 38.6 Å². The second kappa shape index (κ2) is 9.87. The highest BCUT2D eigenvalue weighted by atomic mass is 16.5. The van der Waals surface area contributed by atoms with Crippen LogP contribution in [0.1, 0.15) is 49.8 Å². The van der Waals surface area contributed by atoms with Gasteiger partial charge < -0.3 is 20.1 Å². The minimum atomic E-state index is -0.244. The first-order chi connectivity index (χ1) is 17.0. The summed E-state index contributed by atoms with van der Waals surface area (Å²) >= 11 is 0. The number of fused-ring (bicyclic) bond motifs is 1. The van der Waals surface area contributed by atoms with E-state index >= 15 is 0 Å². The molecule has 3 aromatic carbocycles. The summed E-state index contributed by atoms with van der Waals surface area (Å²) in [6.45, 7) is 4.95. The lowest BCUT2D eigenvalue weighted by molar-refractivity contribution is -0.116. The lowest BCUT2D eigenvalue weighted by Crippen LogP contribution is -2.27. The van der Waals surface area contributed by atoms with E-state index in [0.29, 0.717) is 18.9 Å². The Bertz CT molecular complexity index is 1250. The maximum Gasteiger partial charge on any atom is 0.163 e. The Kier molecular flexibility index (Phi) is 6.49. The summed E-state index contributed by atoms with van der Waals surface area (Å²) in [5, 5.41) is 7.25. The van der Waals surface area contributed by atoms with E-state index in [1.807, 2.05) is 42.5 Å². The van der Waals surface area contributed by atoms with Gasteiger partial charge in [-0.25, -0.2) is 0 Å². The maximum absolute atomic E-state index is 13.7. The van der Waals surface area contributed by atoms with Crippen LogP contribution in [0.3, 0.4) is 0 Å². The first-order valence-corrected chi connectivity index (χ1v) is 12.3. The van der Waals surface area contributed by atoms with Gasteiger partial charge in [-0.2, -0.15) is 0 Å². The standard InChI is InChI=1S/C30H32N2O3/c1-19(2)18-35-22-14-12-20(13-15-22)30-29-26(31-24-9-5-6-10-25(24)32-30)16-21(17-27(29)33)23-8-4-7-11-28(23)34-3/h4-15,19,21,30-32H,16-18H2,1-3H3. The van der Waals surface area contributed by atoms with E-state index in [-0.39, 0.29) is 17.7 Å². The molecular weight excluding hydrogens is 436 g/mol. The molecule has 0 fully saturated rings. The molecule has 0 aromatic heterocycles. The van der Waals surface area contributed by atoms with Crippen molar-refractivity contribution >= 4 is 17.2 Å². The molecule has 5 heteroatoms. The van der Waals surface area contributed by atoms with Crippen molar-refractivity contribution in [2.24, 2.45) is 5.92 Å². The number of methoxy groups -OCH3 is 1. The molecule has 5 rings (SSSR count). The monoisotopic (exact) mass is 468 g/mol. The Balaban J connectivity index is 1.53. The minimum Gasteiger partial charge on any atom is -0.496 e. The van der Waals surface area contributed by atoms with Crippen molar-refractivity contribution < 1.29 is 14.3 Å². The summed E-state index contributed by atoms with van der Waals surface area (Å²) < 4.78 is 11.5. The lowest BCUT2D eigenvalue weighted by Gasteiger charge is -2.30. The van der Waals surface area contributed by atoms with Crippen molar-refractivity contribution in [3.63, 3.8) is 0 Å². The first kappa shape index (κ1) is 23.0. The molecular formula is C30H32N2O3. The average molecular weight is 469 g/mol. The largest absolute Gasteiger partial charge is 0.496 e. The number of carbonyl (C=O) groups excluding carboxylic acids is 1. The molecule has 35 heavy (non-hydrogen) atoms. The number of nitrogens with one attached hydrogen (secondary N) is 2. The van der Waals surface area contributed by atoms with Crippen molar-refractivity contribution in [3.05, 3.63) is 95.2 Å². The van der Waals surface area contributed by atoms with Crippen molar-refractivity contribution in [3.8, 4) is 11.5 Å². The summed E-state index contributed by atoms with van der Waals surface area (Å²) in [6.07, 6.45) is 1.19. The van der Waals surface area contributed by atoms with Gasteiger partial charge in [-0.15, -0.1) is 0 Å². The van der Waals surface area contributed by atoms with Crippen molar-refractivity contribution in [1.29, 1.82) is 0 Å². The molecule has 3 aromatic rings. The molecule has 2 aliphatic rings. The van der Waals surface area contributed by atoms with Crippen LogP contribution in [0.4, 0.5) is 11.4 Å². The first-order valence-electron chi connectivity index (χ1n) is 12.3. The highest BCUT2D eigenvalue weighted by Gasteiger charge is 2.36. The number of hydrogen-bond donors (Lipinski definition) is 2. The van der Waals surface area contributed by atoms with Crippen LogP contribution in [-0.2, 0) is 4.79 Å². The zero-order chi connectivity index (χ0) is 24.4. The molecule has 1 aliphatic heterocycles. The van der Waals surface area contributed by atoms with Crippen molar-refractivity contribution in [2.75, 3.05) is 24.4 Å². The van der Waals surface area contributed by atoms with E-state index in [0.717, 1.165) is 51.7 Å². The van der Waals surface area contributed by atoms with Gasteiger partial charge in [0.15, 0.2) is 5.78 Å². The lowest BCUT2D eigenvalue weighted by atomic mass is 9.78. The van der Waals surface area contributed by atoms with Gasteiger partial charge in [-0.1, -0.05) is 56.3 Å². The van der Waals surface area contributed by atoms with E-state index in [1.165, 1.54) is 0 Å². The molecule has 0 bridgehead atoms. The zero-order valence-electron chi connectivity index (χ0n) is 20.5. The Labute approximate surface area is 207 Å². The van der Waals surface area contributed by atoms with Crippen LogP contribution < -0.4 is 20.1 Å². The van der Waals surface area contributed by atoms with Gasteiger partial charge in [-0.05, 0) is 53.8 Å². The molecule has 0 saturated carbocycles.